The van der Waals surface area contributed by atoms with E-state index in [1.807, 2.05) is 16.9 Å². The average molecular weight is 259 g/mol. The molecule has 0 aliphatic rings. The molecule has 1 N–H and O–H groups in total. The fourth-order valence-corrected chi connectivity index (χ4v) is 1.84. The highest BCUT2D eigenvalue weighted by Crippen LogP contribution is 2.07. The molecular weight excluding hydrogens is 238 g/mol. The lowest BCUT2D eigenvalue weighted by Crippen LogP contribution is -2.20. The van der Waals surface area contributed by atoms with Crippen LogP contribution in [0.2, 0.25) is 0 Å². The summed E-state index contributed by atoms with van der Waals surface area (Å²) in [5, 5.41) is 7.58. The molecule has 0 aliphatic heterocycles. The zero-order chi connectivity index (χ0) is 13.3. The van der Waals surface area contributed by atoms with Gasteiger partial charge in [0, 0.05) is 19.6 Å². The molecule has 0 amide bonds. The van der Waals surface area contributed by atoms with Crippen molar-refractivity contribution in [2.45, 2.75) is 26.4 Å². The first-order valence-electron chi connectivity index (χ1n) is 6.78. The Balaban J connectivity index is 1.61. The molecule has 1 aromatic carbocycles. The molecule has 0 saturated carbocycles. The van der Waals surface area contributed by atoms with Gasteiger partial charge in [0.25, 0.3) is 0 Å². The van der Waals surface area contributed by atoms with E-state index in [0.29, 0.717) is 6.61 Å². The quantitative estimate of drug-likeness (QED) is 0.740. The summed E-state index contributed by atoms with van der Waals surface area (Å²) in [6.07, 6.45) is 4.80. The predicted molar refractivity (Wildman–Crippen MR) is 76.2 cm³/mol. The van der Waals surface area contributed by atoms with E-state index in [4.69, 9.17) is 4.74 Å². The Morgan fingerprint density at radius 3 is 2.89 bits per heavy atom. The number of aromatic nitrogens is 2. The van der Waals surface area contributed by atoms with Gasteiger partial charge in [-0.1, -0.05) is 37.3 Å². The molecule has 4 nitrogen and oxygen atoms in total. The fraction of sp³-hybridized carbons (Fsp3) is 0.400. The fourth-order valence-electron chi connectivity index (χ4n) is 1.84. The van der Waals surface area contributed by atoms with Crippen molar-refractivity contribution in [1.82, 2.24) is 15.1 Å². The summed E-state index contributed by atoms with van der Waals surface area (Å²) in [6.45, 7) is 5.43. The highest BCUT2D eigenvalue weighted by Gasteiger charge is 1.98. The Bertz CT molecular complexity index is 467. The second-order valence-corrected chi connectivity index (χ2v) is 4.45. The van der Waals surface area contributed by atoms with E-state index < -0.39 is 0 Å². The average Bonchev–Trinajstić information content (AvgIpc) is 2.88. The smallest absolute Gasteiger partial charge is 0.157 e. The van der Waals surface area contributed by atoms with Crippen LogP contribution in [0.15, 0.2) is 42.7 Å². The Hall–Kier alpha value is -1.81. The summed E-state index contributed by atoms with van der Waals surface area (Å²) in [5.74, 6) is 0.843. The van der Waals surface area contributed by atoms with Gasteiger partial charge in [-0.15, -0.1) is 0 Å². The van der Waals surface area contributed by atoms with E-state index in [0.717, 1.165) is 31.8 Å². The zero-order valence-electron chi connectivity index (χ0n) is 11.4. The van der Waals surface area contributed by atoms with Crippen LogP contribution >= 0.6 is 0 Å². The van der Waals surface area contributed by atoms with Crippen molar-refractivity contribution in [2.24, 2.45) is 0 Å². The first-order chi connectivity index (χ1) is 9.38. The molecule has 0 unspecified atom stereocenters. The third kappa shape index (κ3) is 4.75. The molecule has 2 aromatic rings. The van der Waals surface area contributed by atoms with Gasteiger partial charge >= 0.3 is 0 Å². The van der Waals surface area contributed by atoms with E-state index >= 15 is 0 Å². The Morgan fingerprint density at radius 1 is 1.26 bits per heavy atom. The van der Waals surface area contributed by atoms with Gasteiger partial charge in [-0.05, 0) is 12.0 Å². The minimum absolute atomic E-state index is 0.657. The molecule has 2 rings (SSSR count). The standard InChI is InChI=1S/C15H21N3O/c1-2-9-18-13-15(12-17-18)19-10-8-16-11-14-6-4-3-5-7-14/h3-7,12-13,16H,2,8-11H2,1H3. The topological polar surface area (TPSA) is 39.1 Å². The Kier molecular flexibility index (Phi) is 5.44. The van der Waals surface area contributed by atoms with E-state index in [9.17, 15) is 0 Å². The highest BCUT2D eigenvalue weighted by molar-refractivity contribution is 5.14. The van der Waals surface area contributed by atoms with Crippen molar-refractivity contribution >= 4 is 0 Å². The predicted octanol–water partition coefficient (Wildman–Crippen LogP) is 2.46. The first-order valence-corrected chi connectivity index (χ1v) is 6.78. The lowest BCUT2D eigenvalue weighted by atomic mass is 10.2. The van der Waals surface area contributed by atoms with Gasteiger partial charge in [-0.2, -0.15) is 5.10 Å². The number of hydrogen-bond acceptors (Lipinski definition) is 3. The van der Waals surface area contributed by atoms with Gasteiger partial charge in [0.05, 0.1) is 12.4 Å². The molecule has 0 bridgehead atoms. The molecule has 1 heterocycles. The molecule has 0 aliphatic carbocycles. The lowest BCUT2D eigenvalue weighted by molar-refractivity contribution is 0.313. The zero-order valence-corrected chi connectivity index (χ0v) is 11.4. The van der Waals surface area contributed by atoms with Crippen molar-refractivity contribution in [3.8, 4) is 5.75 Å². The summed E-state index contributed by atoms with van der Waals surface area (Å²) >= 11 is 0. The molecule has 19 heavy (non-hydrogen) atoms. The van der Waals surface area contributed by atoms with Crippen molar-refractivity contribution in [2.75, 3.05) is 13.2 Å². The van der Waals surface area contributed by atoms with Crippen molar-refractivity contribution in [3.05, 3.63) is 48.3 Å². The van der Waals surface area contributed by atoms with Gasteiger partial charge in [0.15, 0.2) is 5.75 Å². The maximum absolute atomic E-state index is 5.63. The number of aryl methyl sites for hydroxylation is 1. The van der Waals surface area contributed by atoms with Crippen LogP contribution in [0, 0.1) is 0 Å². The second kappa shape index (κ2) is 7.59. The SMILES string of the molecule is CCCn1cc(OCCNCc2ccccc2)cn1. The maximum atomic E-state index is 5.63. The molecule has 4 heteroatoms. The van der Waals surface area contributed by atoms with Crippen LogP contribution in [0.3, 0.4) is 0 Å². The number of ether oxygens (including phenoxy) is 1. The van der Waals surface area contributed by atoms with Crippen LogP contribution in [0.1, 0.15) is 18.9 Å². The normalized spacial score (nSPS) is 10.6. The van der Waals surface area contributed by atoms with E-state index in [1.165, 1.54) is 5.56 Å². The summed E-state index contributed by atoms with van der Waals surface area (Å²) in [7, 11) is 0. The molecule has 0 saturated heterocycles. The van der Waals surface area contributed by atoms with Crippen LogP contribution in [0.5, 0.6) is 5.75 Å². The Labute approximate surface area is 114 Å². The van der Waals surface area contributed by atoms with Gasteiger partial charge in [0.1, 0.15) is 6.61 Å². The first kappa shape index (κ1) is 13.6. The molecule has 0 atom stereocenters. The second-order valence-electron chi connectivity index (χ2n) is 4.45. The van der Waals surface area contributed by atoms with Gasteiger partial charge < -0.3 is 10.1 Å². The van der Waals surface area contributed by atoms with Crippen LogP contribution < -0.4 is 10.1 Å². The minimum atomic E-state index is 0.657. The summed E-state index contributed by atoms with van der Waals surface area (Å²) < 4.78 is 7.53. The molecule has 102 valence electrons. The van der Waals surface area contributed by atoms with Gasteiger partial charge in [0.2, 0.25) is 0 Å². The molecular formula is C15H21N3O. The minimum Gasteiger partial charge on any atom is -0.489 e. The number of benzene rings is 1. The number of nitrogens with zero attached hydrogens (tertiary/aromatic N) is 2. The van der Waals surface area contributed by atoms with Gasteiger partial charge in [-0.25, -0.2) is 0 Å². The van der Waals surface area contributed by atoms with E-state index in [-0.39, 0.29) is 0 Å². The van der Waals surface area contributed by atoms with Crippen LogP contribution in [-0.4, -0.2) is 22.9 Å². The van der Waals surface area contributed by atoms with Crippen LogP contribution in [0.4, 0.5) is 0 Å². The molecule has 0 spiro atoms. The van der Waals surface area contributed by atoms with Crippen molar-refractivity contribution in [3.63, 3.8) is 0 Å². The summed E-state index contributed by atoms with van der Waals surface area (Å²) in [5.41, 5.74) is 1.29. The number of hydrogen-bond donors (Lipinski definition) is 1. The van der Waals surface area contributed by atoms with E-state index in [1.54, 1.807) is 6.20 Å². The summed E-state index contributed by atoms with van der Waals surface area (Å²) in [4.78, 5) is 0. The largest absolute Gasteiger partial charge is 0.489 e. The highest BCUT2D eigenvalue weighted by atomic mass is 16.5. The number of rotatable bonds is 8. The molecule has 0 radical (unpaired) electrons. The Morgan fingerprint density at radius 2 is 2.11 bits per heavy atom. The van der Waals surface area contributed by atoms with Crippen molar-refractivity contribution < 1.29 is 4.74 Å². The van der Waals surface area contributed by atoms with Gasteiger partial charge in [-0.3, -0.25) is 4.68 Å². The number of nitrogens with one attached hydrogen (secondary N) is 1. The molecule has 0 fully saturated rings. The molecule has 1 aromatic heterocycles. The van der Waals surface area contributed by atoms with E-state index in [2.05, 4.69) is 41.6 Å². The lowest BCUT2D eigenvalue weighted by Gasteiger charge is -2.05. The maximum Gasteiger partial charge on any atom is 0.157 e. The van der Waals surface area contributed by atoms with Crippen LogP contribution in [0.25, 0.3) is 0 Å². The van der Waals surface area contributed by atoms with Crippen molar-refractivity contribution in [1.29, 1.82) is 0 Å². The third-order valence-electron chi connectivity index (χ3n) is 2.78. The summed E-state index contributed by atoms with van der Waals surface area (Å²) in [6, 6.07) is 10.4. The third-order valence-corrected chi connectivity index (χ3v) is 2.78. The van der Waals surface area contributed by atoms with Crippen LogP contribution in [-0.2, 0) is 13.1 Å². The monoisotopic (exact) mass is 259 g/mol.